The molecule has 3 heteroatoms. The number of methoxy groups -OCH3 is 1. The van der Waals surface area contributed by atoms with Gasteiger partial charge in [-0.3, -0.25) is 0 Å². The molecular weight excluding hydrogens is 202 g/mol. The number of rotatable bonds is 3. The van der Waals surface area contributed by atoms with Crippen LogP contribution in [0.3, 0.4) is 0 Å². The van der Waals surface area contributed by atoms with Gasteiger partial charge in [0.25, 0.3) is 0 Å². The van der Waals surface area contributed by atoms with E-state index in [4.69, 9.17) is 14.9 Å². The molecule has 1 aromatic carbocycles. The second-order valence-electron chi connectivity index (χ2n) is 3.72. The Bertz CT molecular complexity index is 474. The van der Waals surface area contributed by atoms with E-state index in [1.807, 2.05) is 43.3 Å². The second-order valence-corrected chi connectivity index (χ2v) is 3.72. The van der Waals surface area contributed by atoms with E-state index in [0.29, 0.717) is 0 Å². The Morgan fingerprint density at radius 1 is 1.25 bits per heavy atom. The highest BCUT2D eigenvalue weighted by atomic mass is 16.5. The molecule has 0 amide bonds. The van der Waals surface area contributed by atoms with Gasteiger partial charge in [-0.25, -0.2) is 0 Å². The molecule has 0 saturated carbocycles. The van der Waals surface area contributed by atoms with Crippen molar-refractivity contribution >= 4 is 0 Å². The van der Waals surface area contributed by atoms with E-state index in [2.05, 4.69) is 0 Å². The maximum Gasteiger partial charge on any atom is 0.134 e. The Morgan fingerprint density at radius 2 is 2.06 bits per heavy atom. The Morgan fingerprint density at radius 3 is 2.69 bits per heavy atom. The average Bonchev–Trinajstić information content (AvgIpc) is 2.78. The minimum atomic E-state index is -0.0839. The highest BCUT2D eigenvalue weighted by Gasteiger charge is 2.08. The highest BCUT2D eigenvalue weighted by Crippen LogP contribution is 2.27. The highest BCUT2D eigenvalue weighted by molar-refractivity contribution is 5.59. The van der Waals surface area contributed by atoms with Crippen molar-refractivity contribution in [3.05, 3.63) is 42.2 Å². The fourth-order valence-electron chi connectivity index (χ4n) is 1.53. The van der Waals surface area contributed by atoms with Crippen molar-refractivity contribution in [3.63, 3.8) is 0 Å². The normalized spacial score (nSPS) is 12.4. The predicted octanol–water partition coefficient (Wildman–Crippen LogP) is 2.97. The maximum absolute atomic E-state index is 5.74. The lowest BCUT2D eigenvalue weighted by molar-refractivity contribution is 0.414. The first-order valence-electron chi connectivity index (χ1n) is 5.20. The molecule has 0 radical (unpaired) electrons. The summed E-state index contributed by atoms with van der Waals surface area (Å²) >= 11 is 0. The molecule has 3 nitrogen and oxygen atoms in total. The third-order valence-corrected chi connectivity index (χ3v) is 2.43. The zero-order valence-corrected chi connectivity index (χ0v) is 9.44. The lowest BCUT2D eigenvalue weighted by Gasteiger charge is -2.02. The van der Waals surface area contributed by atoms with Crippen LogP contribution in [0.2, 0.25) is 0 Å². The van der Waals surface area contributed by atoms with Crippen molar-refractivity contribution in [2.75, 3.05) is 7.11 Å². The van der Waals surface area contributed by atoms with E-state index in [1.165, 1.54) is 0 Å². The smallest absolute Gasteiger partial charge is 0.134 e. The third-order valence-electron chi connectivity index (χ3n) is 2.43. The van der Waals surface area contributed by atoms with E-state index in [0.717, 1.165) is 22.8 Å². The largest absolute Gasteiger partial charge is 0.497 e. The van der Waals surface area contributed by atoms with Gasteiger partial charge in [0.05, 0.1) is 13.2 Å². The lowest BCUT2D eigenvalue weighted by Crippen LogP contribution is -2.02. The first-order chi connectivity index (χ1) is 7.70. The zero-order valence-electron chi connectivity index (χ0n) is 9.44. The summed E-state index contributed by atoms with van der Waals surface area (Å²) in [4.78, 5) is 0. The summed E-state index contributed by atoms with van der Waals surface area (Å²) in [5, 5.41) is 0. The van der Waals surface area contributed by atoms with Crippen LogP contribution in [-0.2, 0) is 0 Å². The molecule has 1 heterocycles. The summed E-state index contributed by atoms with van der Waals surface area (Å²) in [6, 6.07) is 11.5. The molecule has 0 aliphatic heterocycles. The fraction of sp³-hybridized carbons (Fsp3) is 0.231. The van der Waals surface area contributed by atoms with E-state index in [1.54, 1.807) is 7.11 Å². The van der Waals surface area contributed by atoms with Gasteiger partial charge in [0.1, 0.15) is 17.3 Å². The number of nitrogens with two attached hydrogens (primary N) is 1. The fourth-order valence-corrected chi connectivity index (χ4v) is 1.53. The summed E-state index contributed by atoms with van der Waals surface area (Å²) in [6.07, 6.45) is 0. The van der Waals surface area contributed by atoms with Crippen molar-refractivity contribution in [3.8, 4) is 17.1 Å². The average molecular weight is 217 g/mol. The van der Waals surface area contributed by atoms with Crippen LogP contribution in [0, 0.1) is 0 Å². The van der Waals surface area contributed by atoms with Crippen molar-refractivity contribution in [2.45, 2.75) is 13.0 Å². The van der Waals surface area contributed by atoms with Crippen molar-refractivity contribution in [2.24, 2.45) is 5.73 Å². The molecular formula is C13H15NO2. The van der Waals surface area contributed by atoms with Crippen LogP contribution in [0.15, 0.2) is 40.8 Å². The zero-order chi connectivity index (χ0) is 11.5. The summed E-state index contributed by atoms with van der Waals surface area (Å²) in [6.45, 7) is 1.90. The number of ether oxygens (including phenoxy) is 1. The van der Waals surface area contributed by atoms with E-state index in [9.17, 15) is 0 Å². The SMILES string of the molecule is COc1cccc(-c2ccc(C(C)N)o2)c1. The summed E-state index contributed by atoms with van der Waals surface area (Å²) in [7, 11) is 1.65. The molecule has 1 atom stereocenters. The molecule has 0 aliphatic carbocycles. The van der Waals surface area contributed by atoms with Gasteiger partial charge < -0.3 is 14.9 Å². The van der Waals surface area contributed by atoms with Gasteiger partial charge in [-0.05, 0) is 31.2 Å². The molecule has 2 aromatic rings. The Labute approximate surface area is 94.8 Å². The lowest BCUT2D eigenvalue weighted by atomic mass is 10.1. The molecule has 0 aliphatic rings. The van der Waals surface area contributed by atoms with Gasteiger partial charge in [-0.1, -0.05) is 12.1 Å². The van der Waals surface area contributed by atoms with E-state index < -0.39 is 0 Å². The Hall–Kier alpha value is -1.74. The van der Waals surface area contributed by atoms with Crippen LogP contribution >= 0.6 is 0 Å². The standard InChI is InChI=1S/C13H15NO2/c1-9(14)12-6-7-13(16-12)10-4-3-5-11(8-10)15-2/h3-9H,14H2,1-2H3. The minimum absolute atomic E-state index is 0.0839. The molecule has 2 N–H and O–H groups in total. The quantitative estimate of drug-likeness (QED) is 0.859. The predicted molar refractivity (Wildman–Crippen MR) is 63.3 cm³/mol. The molecule has 0 saturated heterocycles. The van der Waals surface area contributed by atoms with Gasteiger partial charge in [-0.2, -0.15) is 0 Å². The molecule has 0 fully saturated rings. The number of furan rings is 1. The number of hydrogen-bond acceptors (Lipinski definition) is 3. The van der Waals surface area contributed by atoms with Crippen LogP contribution in [0.1, 0.15) is 18.7 Å². The summed E-state index contributed by atoms with van der Waals surface area (Å²) in [5.41, 5.74) is 6.73. The topological polar surface area (TPSA) is 48.4 Å². The first kappa shape index (κ1) is 10.8. The summed E-state index contributed by atoms with van der Waals surface area (Å²) in [5.74, 6) is 2.42. The monoisotopic (exact) mass is 217 g/mol. The van der Waals surface area contributed by atoms with Crippen molar-refractivity contribution < 1.29 is 9.15 Å². The van der Waals surface area contributed by atoms with Crippen molar-refractivity contribution in [1.82, 2.24) is 0 Å². The number of hydrogen-bond donors (Lipinski definition) is 1. The molecule has 1 aromatic heterocycles. The molecule has 2 rings (SSSR count). The van der Waals surface area contributed by atoms with E-state index in [-0.39, 0.29) is 6.04 Å². The molecule has 1 unspecified atom stereocenters. The molecule has 0 bridgehead atoms. The van der Waals surface area contributed by atoms with Crippen LogP contribution in [0.25, 0.3) is 11.3 Å². The van der Waals surface area contributed by atoms with E-state index >= 15 is 0 Å². The van der Waals surface area contributed by atoms with Gasteiger partial charge in [-0.15, -0.1) is 0 Å². The third kappa shape index (κ3) is 2.09. The van der Waals surface area contributed by atoms with Gasteiger partial charge in [0.15, 0.2) is 0 Å². The Kier molecular flexibility index (Phi) is 2.97. The summed E-state index contributed by atoms with van der Waals surface area (Å²) < 4.78 is 10.8. The minimum Gasteiger partial charge on any atom is -0.497 e. The number of benzene rings is 1. The van der Waals surface area contributed by atoms with Crippen molar-refractivity contribution in [1.29, 1.82) is 0 Å². The Balaban J connectivity index is 2.34. The van der Waals surface area contributed by atoms with Gasteiger partial charge in [0.2, 0.25) is 0 Å². The van der Waals surface area contributed by atoms with Gasteiger partial charge >= 0.3 is 0 Å². The van der Waals surface area contributed by atoms with Crippen LogP contribution in [0.4, 0.5) is 0 Å². The van der Waals surface area contributed by atoms with Crippen LogP contribution in [-0.4, -0.2) is 7.11 Å². The van der Waals surface area contributed by atoms with Gasteiger partial charge in [0, 0.05) is 5.56 Å². The second kappa shape index (κ2) is 4.41. The van der Waals surface area contributed by atoms with Crippen LogP contribution < -0.4 is 10.5 Å². The maximum atomic E-state index is 5.74. The van der Waals surface area contributed by atoms with Crippen LogP contribution in [0.5, 0.6) is 5.75 Å². The molecule has 84 valence electrons. The molecule has 16 heavy (non-hydrogen) atoms. The molecule has 0 spiro atoms. The first-order valence-corrected chi connectivity index (χ1v) is 5.20.